The summed E-state index contributed by atoms with van der Waals surface area (Å²) in [5.41, 5.74) is 0.416. The first-order valence-corrected chi connectivity index (χ1v) is 7.03. The first-order valence-electron chi connectivity index (χ1n) is 7.03. The molecule has 2 rings (SSSR count). The number of carbonyl (C=O) groups is 2. The molecule has 0 aromatic heterocycles. The third-order valence-electron chi connectivity index (χ3n) is 3.66. The van der Waals surface area contributed by atoms with E-state index in [9.17, 15) is 14.7 Å². The van der Waals surface area contributed by atoms with Gasteiger partial charge in [0.05, 0.1) is 25.7 Å². The Labute approximate surface area is 134 Å². The molecule has 1 aliphatic carbocycles. The summed E-state index contributed by atoms with van der Waals surface area (Å²) in [6, 6.07) is 6.44. The van der Waals surface area contributed by atoms with Gasteiger partial charge in [-0.1, -0.05) is 13.0 Å². The summed E-state index contributed by atoms with van der Waals surface area (Å²) in [6.07, 6.45) is 3.17. The number of carboxylic acids is 1. The van der Waals surface area contributed by atoms with Gasteiger partial charge < -0.3 is 19.3 Å². The second-order valence-corrected chi connectivity index (χ2v) is 5.06. The first kappa shape index (κ1) is 16.6. The van der Waals surface area contributed by atoms with Gasteiger partial charge in [0, 0.05) is 5.92 Å². The fraction of sp³-hybridized carbons (Fsp3) is 0.294. The van der Waals surface area contributed by atoms with Crippen LogP contribution in [0.4, 0.5) is 0 Å². The molecule has 0 saturated heterocycles. The zero-order valence-electron chi connectivity index (χ0n) is 13.1. The zero-order valence-corrected chi connectivity index (χ0v) is 13.1. The highest BCUT2D eigenvalue weighted by atomic mass is 16.5. The van der Waals surface area contributed by atoms with Crippen molar-refractivity contribution in [2.75, 3.05) is 14.2 Å². The molecular weight excluding hydrogens is 300 g/mol. The topological polar surface area (TPSA) is 82.1 Å². The molecule has 2 unspecified atom stereocenters. The van der Waals surface area contributed by atoms with E-state index >= 15 is 0 Å². The molecule has 1 N–H and O–H groups in total. The fourth-order valence-corrected chi connectivity index (χ4v) is 2.40. The molecule has 6 heteroatoms. The van der Waals surface area contributed by atoms with Crippen molar-refractivity contribution in [3.8, 4) is 5.75 Å². The summed E-state index contributed by atoms with van der Waals surface area (Å²) in [5, 5.41) is 9.19. The van der Waals surface area contributed by atoms with Gasteiger partial charge in [-0.25, -0.2) is 4.79 Å². The highest BCUT2D eigenvalue weighted by Gasteiger charge is 2.31. The van der Waals surface area contributed by atoms with Crippen LogP contribution in [0, 0.1) is 11.8 Å². The second kappa shape index (κ2) is 7.00. The number of ether oxygens (including phenoxy) is 3. The Morgan fingerprint density at radius 2 is 1.78 bits per heavy atom. The molecule has 1 aromatic rings. The van der Waals surface area contributed by atoms with E-state index in [1.807, 2.05) is 0 Å². The van der Waals surface area contributed by atoms with Crippen molar-refractivity contribution < 1.29 is 28.9 Å². The maximum Gasteiger partial charge on any atom is 0.337 e. The van der Waals surface area contributed by atoms with Crippen LogP contribution in [0.2, 0.25) is 0 Å². The highest BCUT2D eigenvalue weighted by Crippen LogP contribution is 2.32. The lowest BCUT2D eigenvalue weighted by Gasteiger charge is -2.25. The summed E-state index contributed by atoms with van der Waals surface area (Å²) in [7, 11) is 2.79. The van der Waals surface area contributed by atoms with E-state index in [-0.39, 0.29) is 5.92 Å². The summed E-state index contributed by atoms with van der Waals surface area (Å²) in [4.78, 5) is 22.6. The van der Waals surface area contributed by atoms with E-state index in [1.165, 1.54) is 14.2 Å². The van der Waals surface area contributed by atoms with Crippen LogP contribution < -0.4 is 4.74 Å². The third-order valence-corrected chi connectivity index (χ3v) is 3.66. The Morgan fingerprint density at radius 1 is 1.13 bits per heavy atom. The lowest BCUT2D eigenvalue weighted by atomic mass is 9.87. The van der Waals surface area contributed by atoms with Crippen LogP contribution in [-0.4, -0.2) is 31.3 Å². The fourth-order valence-electron chi connectivity index (χ4n) is 2.40. The molecule has 0 fully saturated rings. The molecule has 0 bridgehead atoms. The van der Waals surface area contributed by atoms with Crippen molar-refractivity contribution in [3.63, 3.8) is 0 Å². The van der Waals surface area contributed by atoms with Gasteiger partial charge in [-0.05, 0) is 30.3 Å². The monoisotopic (exact) mass is 318 g/mol. The van der Waals surface area contributed by atoms with E-state index in [1.54, 1.807) is 43.3 Å². The van der Waals surface area contributed by atoms with Gasteiger partial charge in [0.1, 0.15) is 11.5 Å². The van der Waals surface area contributed by atoms with Crippen molar-refractivity contribution in [1.82, 2.24) is 0 Å². The van der Waals surface area contributed by atoms with Gasteiger partial charge in [0.25, 0.3) is 0 Å². The Hall–Kier alpha value is -2.76. The summed E-state index contributed by atoms with van der Waals surface area (Å²) >= 11 is 0. The van der Waals surface area contributed by atoms with Gasteiger partial charge >= 0.3 is 11.9 Å². The number of carboxylic acid groups (broad SMARTS) is 1. The minimum Gasteiger partial charge on any atom is -0.497 e. The molecule has 0 amide bonds. The SMILES string of the molecule is COC(=O)c1ccc(OC2=C(OC)C(C)C(C(=O)O)C=C2)cc1. The van der Waals surface area contributed by atoms with Crippen molar-refractivity contribution in [2.45, 2.75) is 6.92 Å². The minimum atomic E-state index is -0.912. The largest absolute Gasteiger partial charge is 0.497 e. The van der Waals surface area contributed by atoms with Crippen molar-refractivity contribution in [1.29, 1.82) is 0 Å². The summed E-state index contributed by atoms with van der Waals surface area (Å²) in [6.45, 7) is 1.77. The van der Waals surface area contributed by atoms with Crippen LogP contribution >= 0.6 is 0 Å². The Morgan fingerprint density at radius 3 is 2.30 bits per heavy atom. The first-order chi connectivity index (χ1) is 11.0. The number of carbonyl (C=O) groups excluding carboxylic acids is 1. The predicted molar refractivity (Wildman–Crippen MR) is 81.9 cm³/mol. The molecule has 1 aliphatic rings. The van der Waals surface area contributed by atoms with Crippen LogP contribution in [0.5, 0.6) is 5.75 Å². The average Bonchev–Trinajstić information content (AvgIpc) is 2.55. The standard InChI is InChI=1S/C17H18O6/c1-10-13(16(18)19)8-9-14(15(10)21-2)23-12-6-4-11(5-7-12)17(20)22-3/h4-10,13H,1-3H3,(H,18,19). The Bertz CT molecular complexity index is 656. The van der Waals surface area contributed by atoms with E-state index in [2.05, 4.69) is 4.74 Å². The lowest BCUT2D eigenvalue weighted by Crippen LogP contribution is -2.26. The molecule has 0 saturated carbocycles. The number of rotatable bonds is 5. The predicted octanol–water partition coefficient (Wildman–Crippen LogP) is 2.62. The van der Waals surface area contributed by atoms with E-state index < -0.39 is 17.9 Å². The molecule has 2 atom stereocenters. The van der Waals surface area contributed by atoms with Crippen LogP contribution in [0.15, 0.2) is 47.9 Å². The van der Waals surface area contributed by atoms with Crippen molar-refractivity contribution >= 4 is 11.9 Å². The van der Waals surface area contributed by atoms with Crippen LogP contribution in [0.3, 0.4) is 0 Å². The number of benzene rings is 1. The molecule has 6 nitrogen and oxygen atoms in total. The minimum absolute atomic E-state index is 0.341. The van der Waals surface area contributed by atoms with Gasteiger partial charge in [-0.3, -0.25) is 4.79 Å². The lowest BCUT2D eigenvalue weighted by molar-refractivity contribution is -0.141. The van der Waals surface area contributed by atoms with Crippen molar-refractivity contribution in [2.24, 2.45) is 11.8 Å². The Balaban J connectivity index is 2.21. The van der Waals surface area contributed by atoms with E-state index in [4.69, 9.17) is 9.47 Å². The zero-order chi connectivity index (χ0) is 17.0. The Kier molecular flexibility index (Phi) is 5.05. The van der Waals surface area contributed by atoms with Gasteiger partial charge in [0.15, 0.2) is 5.76 Å². The van der Waals surface area contributed by atoms with Gasteiger partial charge in [0.2, 0.25) is 0 Å². The van der Waals surface area contributed by atoms with Gasteiger partial charge in [-0.2, -0.15) is 0 Å². The number of methoxy groups -OCH3 is 2. The maximum absolute atomic E-state index is 11.4. The number of hydrogen-bond acceptors (Lipinski definition) is 5. The number of hydrogen-bond donors (Lipinski definition) is 1. The number of esters is 1. The van der Waals surface area contributed by atoms with Crippen LogP contribution in [-0.2, 0) is 14.3 Å². The van der Waals surface area contributed by atoms with E-state index in [0.717, 1.165) is 0 Å². The molecule has 0 aliphatic heterocycles. The average molecular weight is 318 g/mol. The normalized spacial score (nSPS) is 20.1. The summed E-state index contributed by atoms with van der Waals surface area (Å²) in [5.74, 6) is -0.910. The quantitative estimate of drug-likeness (QED) is 0.840. The molecule has 1 aromatic carbocycles. The molecule has 0 heterocycles. The highest BCUT2D eigenvalue weighted by molar-refractivity contribution is 5.89. The molecule has 0 spiro atoms. The molecular formula is C17H18O6. The molecule has 122 valence electrons. The number of aliphatic carboxylic acids is 1. The molecule has 23 heavy (non-hydrogen) atoms. The summed E-state index contributed by atoms with van der Waals surface area (Å²) < 4.78 is 15.7. The smallest absolute Gasteiger partial charge is 0.337 e. The molecule has 0 radical (unpaired) electrons. The van der Waals surface area contributed by atoms with Crippen molar-refractivity contribution in [3.05, 3.63) is 53.5 Å². The van der Waals surface area contributed by atoms with Crippen LogP contribution in [0.1, 0.15) is 17.3 Å². The van der Waals surface area contributed by atoms with Crippen LogP contribution in [0.25, 0.3) is 0 Å². The maximum atomic E-state index is 11.4. The third kappa shape index (κ3) is 3.53. The second-order valence-electron chi connectivity index (χ2n) is 5.06. The van der Waals surface area contributed by atoms with Gasteiger partial charge in [-0.15, -0.1) is 0 Å². The van der Waals surface area contributed by atoms with E-state index in [0.29, 0.717) is 22.8 Å². The number of allylic oxidation sites excluding steroid dienone is 2.